The first kappa shape index (κ1) is 17.3. The van der Waals surface area contributed by atoms with Crippen LogP contribution in [0.15, 0.2) is 18.2 Å². The van der Waals surface area contributed by atoms with Crippen molar-refractivity contribution in [3.8, 4) is 0 Å². The zero-order valence-corrected chi connectivity index (χ0v) is 12.5. The summed E-state index contributed by atoms with van der Waals surface area (Å²) in [4.78, 5) is 0. The van der Waals surface area contributed by atoms with Crippen LogP contribution in [0.1, 0.15) is 44.9 Å². The molecule has 7 heteroatoms. The highest BCUT2D eigenvalue weighted by Crippen LogP contribution is 2.32. The molecule has 1 aromatic carbocycles. The summed E-state index contributed by atoms with van der Waals surface area (Å²) in [6, 6.07) is 1.41. The Balaban J connectivity index is 3.01. The molecule has 1 rings (SSSR count). The van der Waals surface area contributed by atoms with E-state index in [1.54, 1.807) is 20.8 Å². The molecule has 0 aliphatic rings. The Labute approximate surface area is 118 Å². The molecule has 0 saturated heterocycles. The first-order chi connectivity index (χ1) is 8.93. The number of hydrogen-bond acceptors (Lipinski definition) is 2. The Morgan fingerprint density at radius 2 is 1.75 bits per heavy atom. The van der Waals surface area contributed by atoms with Crippen molar-refractivity contribution in [2.45, 2.75) is 44.7 Å². The maximum atomic E-state index is 13.6. The first-order valence-electron chi connectivity index (χ1n) is 5.97. The number of nitrogens with one attached hydrogen (secondary N) is 1. The number of rotatable bonds is 3. The van der Waals surface area contributed by atoms with Gasteiger partial charge in [0.2, 0.25) is 0 Å². The molecule has 114 valence electrons. The van der Waals surface area contributed by atoms with Crippen molar-refractivity contribution in [3.63, 3.8) is 0 Å². The molecule has 0 fully saturated rings. The maximum Gasteiger partial charge on any atom is 0.416 e. The van der Waals surface area contributed by atoms with Crippen LogP contribution in [0, 0.1) is 5.82 Å². The molecule has 0 heterocycles. The average Bonchev–Trinajstić information content (AvgIpc) is 2.26. The predicted molar refractivity (Wildman–Crippen MR) is 70.8 cm³/mol. The van der Waals surface area contributed by atoms with E-state index in [1.165, 1.54) is 6.92 Å². The Morgan fingerprint density at radius 3 is 2.20 bits per heavy atom. The van der Waals surface area contributed by atoms with Gasteiger partial charge in [0.15, 0.2) is 0 Å². The summed E-state index contributed by atoms with van der Waals surface area (Å²) in [6.07, 6.45) is -4.54. The maximum absolute atomic E-state index is 13.6. The fraction of sp³-hybridized carbons (Fsp3) is 0.538. The lowest BCUT2D eigenvalue weighted by Crippen LogP contribution is -2.40. The lowest BCUT2D eigenvalue weighted by atomic mass is 10.0. The number of halogens is 4. The number of hydrogen-bond donors (Lipinski definition) is 1. The van der Waals surface area contributed by atoms with Crippen molar-refractivity contribution in [1.82, 2.24) is 4.72 Å². The van der Waals surface area contributed by atoms with E-state index in [0.717, 1.165) is 12.1 Å². The molecule has 0 amide bonds. The first-order valence-corrected chi connectivity index (χ1v) is 7.12. The molecule has 20 heavy (non-hydrogen) atoms. The Morgan fingerprint density at radius 1 is 1.20 bits per heavy atom. The van der Waals surface area contributed by atoms with Crippen LogP contribution in [0.4, 0.5) is 17.6 Å². The zero-order valence-electron chi connectivity index (χ0n) is 11.6. The summed E-state index contributed by atoms with van der Waals surface area (Å²) in [5.74, 6) is -0.760. The molecule has 1 aromatic rings. The van der Waals surface area contributed by atoms with Gasteiger partial charge in [-0.25, -0.2) is 4.39 Å². The van der Waals surface area contributed by atoms with Gasteiger partial charge in [0.25, 0.3) is 0 Å². The van der Waals surface area contributed by atoms with Gasteiger partial charge in [0.1, 0.15) is 10.6 Å². The van der Waals surface area contributed by atoms with Crippen molar-refractivity contribution in [2.75, 3.05) is 0 Å². The van der Waals surface area contributed by atoms with Crippen molar-refractivity contribution in [2.24, 2.45) is 0 Å². The van der Waals surface area contributed by atoms with Gasteiger partial charge in [-0.1, -0.05) is 0 Å². The lowest BCUT2D eigenvalue weighted by molar-refractivity contribution is -0.137. The Bertz CT molecular complexity index is 470. The van der Waals surface area contributed by atoms with Gasteiger partial charge in [-0.05, 0) is 45.9 Å². The van der Waals surface area contributed by atoms with E-state index in [0.29, 0.717) is 6.07 Å². The fourth-order valence-electron chi connectivity index (χ4n) is 1.45. The van der Waals surface area contributed by atoms with E-state index in [9.17, 15) is 22.1 Å². The van der Waals surface area contributed by atoms with Crippen molar-refractivity contribution in [3.05, 3.63) is 35.1 Å². The molecule has 0 aliphatic heterocycles. The third kappa shape index (κ3) is 4.36. The molecule has 2 atom stereocenters. The molecular formula is C13H17F4NOS. The third-order valence-corrected chi connectivity index (χ3v) is 4.31. The van der Waals surface area contributed by atoms with Crippen molar-refractivity contribution < 1.29 is 22.1 Å². The van der Waals surface area contributed by atoms with Crippen molar-refractivity contribution in [1.29, 1.82) is 0 Å². The molecule has 1 N–H and O–H groups in total. The van der Waals surface area contributed by atoms with Gasteiger partial charge in [-0.2, -0.15) is 13.2 Å². The summed E-state index contributed by atoms with van der Waals surface area (Å²) >= 11 is -1.50. The van der Waals surface area contributed by atoms with Crippen LogP contribution in [-0.2, 0) is 17.5 Å². The number of benzene rings is 1. The molecule has 2 unspecified atom stereocenters. The molecular weight excluding hydrogens is 294 g/mol. The van der Waals surface area contributed by atoms with Gasteiger partial charge < -0.3 is 4.55 Å². The van der Waals surface area contributed by atoms with Crippen LogP contribution in [0.5, 0.6) is 0 Å². The van der Waals surface area contributed by atoms with Crippen LogP contribution in [-0.4, -0.2) is 9.30 Å². The molecule has 0 aliphatic carbocycles. The highest BCUT2D eigenvalue weighted by atomic mass is 32.2. The Kier molecular flexibility index (Phi) is 5.10. The summed E-state index contributed by atoms with van der Waals surface area (Å²) in [5, 5.41) is 0. The Hall–Kier alpha value is -0.790. The molecule has 0 saturated carbocycles. The van der Waals surface area contributed by atoms with Crippen LogP contribution in [0.25, 0.3) is 0 Å². The van der Waals surface area contributed by atoms with Gasteiger partial charge in [-0.3, -0.25) is 0 Å². The highest BCUT2D eigenvalue weighted by Gasteiger charge is 2.33. The normalized spacial score (nSPS) is 16.1. The lowest BCUT2D eigenvalue weighted by Gasteiger charge is -2.27. The molecule has 0 aromatic heterocycles. The quantitative estimate of drug-likeness (QED) is 0.677. The van der Waals surface area contributed by atoms with E-state index in [-0.39, 0.29) is 5.56 Å². The smallest absolute Gasteiger partial charge is 0.416 e. The van der Waals surface area contributed by atoms with Crippen LogP contribution < -0.4 is 4.72 Å². The zero-order chi connectivity index (χ0) is 15.7. The van der Waals surface area contributed by atoms with Gasteiger partial charge in [0, 0.05) is 16.9 Å². The largest absolute Gasteiger partial charge is 0.598 e. The SMILES string of the molecule is CC(N[S+]([O-])C(C)(C)C)c1cc(C(F)(F)F)ccc1F. The minimum atomic E-state index is -4.54. The molecule has 0 bridgehead atoms. The topological polar surface area (TPSA) is 35.1 Å². The highest BCUT2D eigenvalue weighted by molar-refractivity contribution is 7.90. The summed E-state index contributed by atoms with van der Waals surface area (Å²) in [6.45, 7) is 6.62. The van der Waals surface area contributed by atoms with Gasteiger partial charge >= 0.3 is 6.18 Å². The van der Waals surface area contributed by atoms with E-state index in [2.05, 4.69) is 4.72 Å². The minimum absolute atomic E-state index is 0.155. The number of alkyl halides is 3. The van der Waals surface area contributed by atoms with Crippen molar-refractivity contribution >= 4 is 11.4 Å². The van der Waals surface area contributed by atoms with E-state index in [4.69, 9.17) is 0 Å². The average molecular weight is 311 g/mol. The summed E-state index contributed by atoms with van der Waals surface area (Å²) < 4.78 is 65.4. The van der Waals surface area contributed by atoms with Gasteiger partial charge in [0.05, 0.1) is 11.6 Å². The standard InChI is InChI=1S/C13H17F4NOS/c1-8(18-20(19)12(2,3)4)10-7-9(13(15,16)17)5-6-11(10)14/h5-8,18H,1-4H3. The van der Waals surface area contributed by atoms with E-state index < -0.39 is 39.7 Å². The van der Waals surface area contributed by atoms with Gasteiger partial charge in [-0.15, -0.1) is 4.72 Å². The minimum Gasteiger partial charge on any atom is -0.598 e. The molecule has 0 spiro atoms. The predicted octanol–water partition coefficient (Wildman–Crippen LogP) is 3.96. The van der Waals surface area contributed by atoms with Crippen LogP contribution >= 0.6 is 0 Å². The second-order valence-corrected chi connectivity index (χ2v) is 7.45. The molecule has 0 radical (unpaired) electrons. The van der Waals surface area contributed by atoms with Crippen LogP contribution in [0.3, 0.4) is 0 Å². The van der Waals surface area contributed by atoms with E-state index >= 15 is 0 Å². The summed E-state index contributed by atoms with van der Waals surface area (Å²) in [5.41, 5.74) is -1.08. The second kappa shape index (κ2) is 5.91. The van der Waals surface area contributed by atoms with Crippen LogP contribution in [0.2, 0.25) is 0 Å². The van der Waals surface area contributed by atoms with E-state index in [1.807, 2.05) is 0 Å². The molecule has 2 nitrogen and oxygen atoms in total. The second-order valence-electron chi connectivity index (χ2n) is 5.45. The monoisotopic (exact) mass is 311 g/mol. The third-order valence-electron chi connectivity index (χ3n) is 2.63. The summed E-state index contributed by atoms with van der Waals surface area (Å²) in [7, 11) is 0. The fourth-order valence-corrected chi connectivity index (χ4v) is 2.25.